The van der Waals surface area contributed by atoms with Crippen molar-refractivity contribution in [2.45, 2.75) is 38.8 Å². The predicted molar refractivity (Wildman–Crippen MR) is 91.3 cm³/mol. The van der Waals surface area contributed by atoms with Crippen LogP contribution in [0.25, 0.3) is 0 Å². The van der Waals surface area contributed by atoms with Crippen molar-refractivity contribution in [3.05, 3.63) is 47.6 Å². The van der Waals surface area contributed by atoms with Crippen LogP contribution in [0.1, 0.15) is 30.6 Å². The van der Waals surface area contributed by atoms with E-state index >= 15 is 0 Å². The topological polar surface area (TPSA) is 76.3 Å². The van der Waals surface area contributed by atoms with Gasteiger partial charge in [0.15, 0.2) is 15.7 Å². The van der Waals surface area contributed by atoms with Crippen LogP contribution in [0.15, 0.2) is 34.9 Å². The number of rotatable bonds is 5. The van der Waals surface area contributed by atoms with E-state index in [-0.39, 0.29) is 17.5 Å². The molecule has 1 saturated heterocycles. The van der Waals surface area contributed by atoms with E-state index in [0.717, 1.165) is 12.8 Å². The van der Waals surface area contributed by atoms with Crippen LogP contribution in [0.3, 0.4) is 0 Å². The Hall–Kier alpha value is -1.73. The zero-order chi connectivity index (χ0) is 17.0. The van der Waals surface area contributed by atoms with Gasteiger partial charge in [-0.1, -0.05) is 35.5 Å². The highest BCUT2D eigenvalue weighted by Gasteiger charge is 2.25. The second-order valence-electron chi connectivity index (χ2n) is 6.35. The van der Waals surface area contributed by atoms with Crippen molar-refractivity contribution in [3.8, 4) is 0 Å². The first-order valence-corrected chi connectivity index (χ1v) is 10.1. The van der Waals surface area contributed by atoms with Crippen molar-refractivity contribution in [1.29, 1.82) is 0 Å². The molecule has 0 amide bonds. The maximum Gasteiger partial charge on any atom is 0.240 e. The normalized spacial score (nSPS) is 21.5. The van der Waals surface area contributed by atoms with Crippen LogP contribution >= 0.6 is 0 Å². The third-order valence-corrected chi connectivity index (χ3v) is 6.15. The Morgan fingerprint density at radius 2 is 2.00 bits per heavy atom. The molecule has 1 fully saturated rings. The summed E-state index contributed by atoms with van der Waals surface area (Å²) in [7, 11) is -2.92. The summed E-state index contributed by atoms with van der Waals surface area (Å²) in [5.74, 6) is 1.72. The summed E-state index contributed by atoms with van der Waals surface area (Å²) < 4.78 is 28.9. The molecule has 6 nitrogen and oxygen atoms in total. The van der Waals surface area contributed by atoms with E-state index in [4.69, 9.17) is 4.52 Å². The average Bonchev–Trinajstić information content (AvgIpc) is 2.98. The minimum atomic E-state index is -2.92. The quantitative estimate of drug-likeness (QED) is 0.820. The lowest BCUT2D eigenvalue weighted by atomic mass is 10.1. The van der Waals surface area contributed by atoms with Gasteiger partial charge in [0, 0.05) is 19.0 Å². The molecule has 3 rings (SSSR count). The lowest BCUT2D eigenvalue weighted by molar-refractivity contribution is 0.184. The summed E-state index contributed by atoms with van der Waals surface area (Å²) in [5, 5.41) is 4.04. The van der Waals surface area contributed by atoms with Gasteiger partial charge in [-0.2, -0.15) is 4.98 Å². The fourth-order valence-corrected chi connectivity index (χ4v) is 4.29. The molecule has 1 aliphatic heterocycles. The van der Waals surface area contributed by atoms with Crippen LogP contribution in [0, 0.1) is 0 Å². The molecular formula is C17H23N3O3S. The molecule has 1 aliphatic rings. The smallest absolute Gasteiger partial charge is 0.240 e. The first-order valence-electron chi connectivity index (χ1n) is 8.32. The molecule has 0 spiro atoms. The van der Waals surface area contributed by atoms with Crippen molar-refractivity contribution in [1.82, 2.24) is 15.0 Å². The van der Waals surface area contributed by atoms with Gasteiger partial charge in [-0.05, 0) is 25.3 Å². The lowest BCUT2D eigenvalue weighted by Gasteiger charge is -2.24. The van der Waals surface area contributed by atoms with Gasteiger partial charge < -0.3 is 4.52 Å². The third kappa shape index (κ3) is 4.64. The molecule has 1 aromatic carbocycles. The molecule has 1 aromatic heterocycles. The summed E-state index contributed by atoms with van der Waals surface area (Å²) in [5.41, 5.74) is 1.25. The number of nitrogens with zero attached hydrogens (tertiary/aromatic N) is 3. The number of aryl methyl sites for hydroxylation is 2. The first kappa shape index (κ1) is 17.1. The second kappa shape index (κ2) is 7.44. The van der Waals surface area contributed by atoms with E-state index in [0.29, 0.717) is 31.2 Å². The molecule has 24 heavy (non-hydrogen) atoms. The van der Waals surface area contributed by atoms with Crippen molar-refractivity contribution < 1.29 is 12.9 Å². The van der Waals surface area contributed by atoms with Gasteiger partial charge in [-0.15, -0.1) is 0 Å². The molecule has 0 unspecified atom stereocenters. The summed E-state index contributed by atoms with van der Waals surface area (Å²) >= 11 is 0. The van der Waals surface area contributed by atoms with Gasteiger partial charge >= 0.3 is 0 Å². The number of hydrogen-bond donors (Lipinski definition) is 0. The Balaban J connectivity index is 1.57. The Morgan fingerprint density at radius 3 is 2.79 bits per heavy atom. The summed E-state index contributed by atoms with van der Waals surface area (Å²) in [6, 6.07) is 10.4. The fraction of sp³-hybridized carbons (Fsp3) is 0.529. The summed E-state index contributed by atoms with van der Waals surface area (Å²) in [4.78, 5) is 6.56. The van der Waals surface area contributed by atoms with E-state index in [1.807, 2.05) is 25.1 Å². The van der Waals surface area contributed by atoms with Gasteiger partial charge in [0.2, 0.25) is 5.89 Å². The molecule has 1 atom stereocenters. The molecule has 2 aromatic rings. The first-order chi connectivity index (χ1) is 11.5. The fourth-order valence-electron chi connectivity index (χ4n) is 2.88. The van der Waals surface area contributed by atoms with Crippen LogP contribution < -0.4 is 0 Å². The number of hydrogen-bond acceptors (Lipinski definition) is 6. The van der Waals surface area contributed by atoms with Crippen molar-refractivity contribution in [3.63, 3.8) is 0 Å². The van der Waals surface area contributed by atoms with Crippen LogP contribution in [0.5, 0.6) is 0 Å². The van der Waals surface area contributed by atoms with Crippen LogP contribution in [-0.2, 0) is 29.2 Å². The van der Waals surface area contributed by atoms with E-state index < -0.39 is 9.84 Å². The van der Waals surface area contributed by atoms with E-state index in [1.54, 1.807) is 0 Å². The molecule has 0 aliphatic carbocycles. The predicted octanol–water partition coefficient (Wildman–Crippen LogP) is 1.86. The van der Waals surface area contributed by atoms with Gasteiger partial charge in [0.1, 0.15) is 0 Å². The highest BCUT2D eigenvalue weighted by molar-refractivity contribution is 7.91. The standard InChI is InChI=1S/C17H23N3O3S/c1-14-9-11-24(21,22)12-10-20(14)13-17-18-16(19-23-17)8-7-15-5-3-2-4-6-15/h2-6,14H,7-13H2,1H3/t14-/m1/s1. The number of sulfone groups is 1. The molecule has 2 heterocycles. The molecular weight excluding hydrogens is 326 g/mol. The second-order valence-corrected chi connectivity index (χ2v) is 8.65. The Morgan fingerprint density at radius 1 is 1.21 bits per heavy atom. The van der Waals surface area contributed by atoms with Gasteiger partial charge in [-0.3, -0.25) is 4.90 Å². The van der Waals surface area contributed by atoms with Crippen molar-refractivity contribution in [2.75, 3.05) is 18.1 Å². The number of aromatic nitrogens is 2. The zero-order valence-corrected chi connectivity index (χ0v) is 14.7. The Kier molecular flexibility index (Phi) is 5.30. The average molecular weight is 349 g/mol. The molecule has 0 bridgehead atoms. The molecule has 0 N–H and O–H groups in total. The van der Waals surface area contributed by atoms with Gasteiger partial charge in [-0.25, -0.2) is 8.42 Å². The van der Waals surface area contributed by atoms with E-state index in [2.05, 4.69) is 27.2 Å². The highest BCUT2D eigenvalue weighted by atomic mass is 32.2. The van der Waals surface area contributed by atoms with Crippen molar-refractivity contribution >= 4 is 9.84 Å². The van der Waals surface area contributed by atoms with Crippen LogP contribution in [0.4, 0.5) is 0 Å². The monoisotopic (exact) mass is 349 g/mol. The van der Waals surface area contributed by atoms with Crippen LogP contribution in [-0.4, -0.2) is 47.6 Å². The maximum absolute atomic E-state index is 11.8. The van der Waals surface area contributed by atoms with Gasteiger partial charge in [0.05, 0.1) is 18.1 Å². The minimum absolute atomic E-state index is 0.196. The largest absolute Gasteiger partial charge is 0.338 e. The third-order valence-electron chi connectivity index (χ3n) is 4.49. The van der Waals surface area contributed by atoms with E-state index in [1.165, 1.54) is 5.56 Å². The van der Waals surface area contributed by atoms with Gasteiger partial charge in [0.25, 0.3) is 0 Å². The molecule has 0 radical (unpaired) electrons. The zero-order valence-electron chi connectivity index (χ0n) is 13.9. The molecule has 7 heteroatoms. The molecule has 0 saturated carbocycles. The Bertz CT molecular complexity index is 758. The van der Waals surface area contributed by atoms with Crippen molar-refractivity contribution in [2.24, 2.45) is 0 Å². The van der Waals surface area contributed by atoms with E-state index in [9.17, 15) is 8.42 Å². The summed E-state index contributed by atoms with van der Waals surface area (Å²) in [6.07, 6.45) is 2.26. The van der Waals surface area contributed by atoms with Crippen LogP contribution in [0.2, 0.25) is 0 Å². The Labute approximate surface area is 142 Å². The minimum Gasteiger partial charge on any atom is -0.338 e. The highest BCUT2D eigenvalue weighted by Crippen LogP contribution is 2.15. The SMILES string of the molecule is C[C@@H]1CCS(=O)(=O)CCN1Cc1nc(CCc2ccccc2)no1. The molecule has 130 valence electrons. The summed E-state index contributed by atoms with van der Waals surface area (Å²) in [6.45, 7) is 3.08. The number of benzene rings is 1. The lowest BCUT2D eigenvalue weighted by Crippen LogP contribution is -2.33. The maximum atomic E-state index is 11.8.